The van der Waals surface area contributed by atoms with Crippen LogP contribution in [-0.2, 0) is 16.0 Å². The molecule has 0 saturated carbocycles. The molecule has 1 atom stereocenters. The Morgan fingerprint density at radius 3 is 2.25 bits per heavy atom. The van der Waals surface area contributed by atoms with Gasteiger partial charge in [0.05, 0.1) is 5.69 Å². The number of benzene rings is 1. The Kier molecular flexibility index (Phi) is 10.4. The van der Waals surface area contributed by atoms with Crippen LogP contribution >= 0.6 is 0 Å². The number of carbonyl (C=O) groups is 1. The van der Waals surface area contributed by atoms with Crippen LogP contribution in [0.25, 0.3) is 11.3 Å². The van der Waals surface area contributed by atoms with Gasteiger partial charge < -0.3 is 9.47 Å². The average Bonchev–Trinajstić information content (AvgIpc) is 2.77. The summed E-state index contributed by atoms with van der Waals surface area (Å²) in [7, 11) is 0. The van der Waals surface area contributed by atoms with E-state index in [1.807, 2.05) is 12.1 Å². The van der Waals surface area contributed by atoms with Crippen molar-refractivity contribution in [2.75, 3.05) is 6.61 Å². The molecular weight excluding hydrogens is 421 g/mol. The number of alkyl halides is 3. The topological polar surface area (TPSA) is 61.3 Å². The first-order valence-corrected chi connectivity index (χ1v) is 11.2. The molecule has 0 aliphatic heterocycles. The molecule has 0 bridgehead atoms. The number of hydrogen-bond acceptors (Lipinski definition) is 5. The summed E-state index contributed by atoms with van der Waals surface area (Å²) in [5, 5.41) is 7.89. The van der Waals surface area contributed by atoms with E-state index >= 15 is 0 Å². The molecule has 5 nitrogen and oxygen atoms in total. The number of ether oxygens (including phenoxy) is 2. The second-order valence-electron chi connectivity index (χ2n) is 7.70. The molecule has 2 rings (SSSR count). The molecule has 0 aliphatic carbocycles. The smallest absolute Gasteiger partial charge is 0.428 e. The maximum atomic E-state index is 13.1. The summed E-state index contributed by atoms with van der Waals surface area (Å²) in [5.74, 6) is -0.984. The molecule has 176 valence electrons. The van der Waals surface area contributed by atoms with Crippen LogP contribution in [-0.4, -0.2) is 35.1 Å². The van der Waals surface area contributed by atoms with E-state index in [1.54, 1.807) is 13.0 Å². The average molecular weight is 453 g/mol. The van der Waals surface area contributed by atoms with E-state index in [9.17, 15) is 18.0 Å². The lowest BCUT2D eigenvalue weighted by molar-refractivity contribution is -0.227. The van der Waals surface area contributed by atoms with Gasteiger partial charge in [0.25, 0.3) is 0 Å². The third-order valence-electron chi connectivity index (χ3n) is 4.93. The van der Waals surface area contributed by atoms with Gasteiger partial charge in [-0.2, -0.15) is 13.2 Å². The second kappa shape index (κ2) is 13.0. The van der Waals surface area contributed by atoms with Gasteiger partial charge in [-0.1, -0.05) is 63.8 Å². The van der Waals surface area contributed by atoms with Crippen molar-refractivity contribution in [2.24, 2.45) is 0 Å². The van der Waals surface area contributed by atoms with Crippen molar-refractivity contribution in [3.05, 3.63) is 42.0 Å². The number of halogens is 3. The Morgan fingerprint density at radius 2 is 1.66 bits per heavy atom. The Labute approximate surface area is 187 Å². The number of hydrogen-bond donors (Lipinski definition) is 0. The quantitative estimate of drug-likeness (QED) is 0.263. The number of aryl methyl sites for hydroxylation is 1. The fraction of sp³-hybridized carbons (Fsp3) is 0.542. The minimum Gasteiger partial charge on any atom is -0.472 e. The summed E-state index contributed by atoms with van der Waals surface area (Å²) in [5.41, 5.74) is 2.71. The lowest BCUT2D eigenvalue weighted by Crippen LogP contribution is -2.38. The van der Waals surface area contributed by atoms with E-state index in [4.69, 9.17) is 4.74 Å². The van der Waals surface area contributed by atoms with Gasteiger partial charge in [0.1, 0.15) is 6.61 Å². The molecule has 0 fully saturated rings. The molecule has 8 heteroatoms. The summed E-state index contributed by atoms with van der Waals surface area (Å²) in [6, 6.07) is 11.1. The molecule has 32 heavy (non-hydrogen) atoms. The van der Waals surface area contributed by atoms with Crippen molar-refractivity contribution in [3.63, 3.8) is 0 Å². The van der Waals surface area contributed by atoms with E-state index < -0.39 is 24.9 Å². The monoisotopic (exact) mass is 452 g/mol. The summed E-state index contributed by atoms with van der Waals surface area (Å²) in [6.07, 6.45) is 0.442. The number of nitrogens with zero attached hydrogens (tertiary/aromatic N) is 2. The molecule has 1 aromatic carbocycles. The minimum atomic E-state index is -4.73. The lowest BCUT2D eigenvalue weighted by Gasteiger charge is -2.20. The first-order chi connectivity index (χ1) is 15.3. The predicted molar refractivity (Wildman–Crippen MR) is 116 cm³/mol. The van der Waals surface area contributed by atoms with E-state index in [0.717, 1.165) is 18.4 Å². The molecule has 0 aliphatic rings. The number of rotatable bonds is 13. The second-order valence-corrected chi connectivity index (χ2v) is 7.70. The van der Waals surface area contributed by atoms with Crippen LogP contribution in [0.2, 0.25) is 0 Å². The summed E-state index contributed by atoms with van der Waals surface area (Å²) < 4.78 is 48.8. The Balaban J connectivity index is 1.89. The van der Waals surface area contributed by atoms with Gasteiger partial charge >= 0.3 is 12.1 Å². The third-order valence-corrected chi connectivity index (χ3v) is 4.93. The minimum absolute atomic E-state index is 0.0711. The van der Waals surface area contributed by atoms with Gasteiger partial charge in [0.15, 0.2) is 0 Å². The number of esters is 1. The van der Waals surface area contributed by atoms with Crippen molar-refractivity contribution in [1.29, 1.82) is 0 Å². The van der Waals surface area contributed by atoms with Crippen LogP contribution in [0.4, 0.5) is 13.2 Å². The van der Waals surface area contributed by atoms with Gasteiger partial charge in [-0.25, -0.2) is 0 Å². The Morgan fingerprint density at radius 1 is 0.938 bits per heavy atom. The molecule has 0 radical (unpaired) electrons. The van der Waals surface area contributed by atoms with Gasteiger partial charge in [0.2, 0.25) is 12.0 Å². The van der Waals surface area contributed by atoms with Crippen molar-refractivity contribution in [2.45, 2.75) is 77.5 Å². The maximum absolute atomic E-state index is 13.1. The number of aromatic nitrogens is 2. The predicted octanol–water partition coefficient (Wildman–Crippen LogP) is 6.31. The number of unbranched alkanes of at least 4 members (excludes halogenated alkanes) is 4. The summed E-state index contributed by atoms with van der Waals surface area (Å²) in [6.45, 7) is 3.00. The van der Waals surface area contributed by atoms with Gasteiger partial charge in [-0.05, 0) is 30.9 Å². The molecule has 1 unspecified atom stereocenters. The van der Waals surface area contributed by atoms with Gasteiger partial charge in [-0.3, -0.25) is 4.79 Å². The fourth-order valence-corrected chi connectivity index (χ4v) is 3.10. The van der Waals surface area contributed by atoms with E-state index in [1.165, 1.54) is 37.3 Å². The molecular formula is C24H31F3N2O3. The normalized spacial score (nSPS) is 12.4. The Hall–Kier alpha value is -2.64. The van der Waals surface area contributed by atoms with E-state index in [2.05, 4.69) is 34.0 Å². The first kappa shape index (κ1) is 25.6. The van der Waals surface area contributed by atoms with Crippen LogP contribution in [0.5, 0.6) is 5.88 Å². The zero-order valence-electron chi connectivity index (χ0n) is 18.7. The van der Waals surface area contributed by atoms with Crippen molar-refractivity contribution < 1.29 is 27.4 Å². The van der Waals surface area contributed by atoms with E-state index in [0.29, 0.717) is 12.1 Å². The fourth-order valence-electron chi connectivity index (χ4n) is 3.10. The highest BCUT2D eigenvalue weighted by Crippen LogP contribution is 2.25. The highest BCUT2D eigenvalue weighted by Gasteiger charge is 2.43. The molecule has 0 saturated heterocycles. The van der Waals surface area contributed by atoms with Crippen LogP contribution in [0.1, 0.15) is 64.4 Å². The zero-order valence-corrected chi connectivity index (χ0v) is 18.7. The standard InChI is InChI=1S/C24H31F3N2O3/c1-3-5-6-7-8-10-18-11-13-19(14-12-18)20-15-16-22(29-28-20)31-17-21(24(25,26)27)32-23(30)9-4-2/h11-16,21H,3-10,17H2,1-2H3. The van der Waals surface area contributed by atoms with Crippen LogP contribution in [0.3, 0.4) is 0 Å². The highest BCUT2D eigenvalue weighted by molar-refractivity contribution is 5.69. The first-order valence-electron chi connectivity index (χ1n) is 11.2. The molecule has 0 amide bonds. The van der Waals surface area contributed by atoms with Crippen molar-refractivity contribution in [1.82, 2.24) is 10.2 Å². The SMILES string of the molecule is CCCCCCCc1ccc(-c2ccc(OCC(OC(=O)CCC)C(F)(F)F)nn2)cc1. The summed E-state index contributed by atoms with van der Waals surface area (Å²) >= 11 is 0. The van der Waals surface area contributed by atoms with Crippen LogP contribution in [0.15, 0.2) is 36.4 Å². The number of carbonyl (C=O) groups excluding carboxylic acids is 1. The maximum Gasteiger partial charge on any atom is 0.428 e. The molecule has 2 aromatic rings. The molecule has 0 spiro atoms. The largest absolute Gasteiger partial charge is 0.472 e. The van der Waals surface area contributed by atoms with E-state index in [-0.39, 0.29) is 12.3 Å². The zero-order chi connectivity index (χ0) is 23.4. The van der Waals surface area contributed by atoms with Crippen molar-refractivity contribution in [3.8, 4) is 17.1 Å². The highest BCUT2D eigenvalue weighted by atomic mass is 19.4. The van der Waals surface area contributed by atoms with Crippen LogP contribution < -0.4 is 4.74 Å². The van der Waals surface area contributed by atoms with Gasteiger partial charge in [-0.15, -0.1) is 10.2 Å². The van der Waals surface area contributed by atoms with Crippen molar-refractivity contribution >= 4 is 5.97 Å². The third kappa shape index (κ3) is 8.85. The molecule has 1 heterocycles. The van der Waals surface area contributed by atoms with Crippen LogP contribution in [0, 0.1) is 0 Å². The van der Waals surface area contributed by atoms with Gasteiger partial charge in [0, 0.05) is 18.1 Å². The summed E-state index contributed by atoms with van der Waals surface area (Å²) in [4.78, 5) is 11.4. The Bertz CT molecular complexity index is 809. The molecule has 0 N–H and O–H groups in total. The molecule has 1 aromatic heterocycles. The lowest BCUT2D eigenvalue weighted by atomic mass is 10.0.